The van der Waals surface area contributed by atoms with E-state index in [2.05, 4.69) is 5.32 Å². The van der Waals surface area contributed by atoms with Crippen LogP contribution in [0.3, 0.4) is 0 Å². The van der Waals surface area contributed by atoms with Gasteiger partial charge in [-0.2, -0.15) is 0 Å². The topological polar surface area (TPSA) is 75.7 Å². The molecule has 6 nitrogen and oxygen atoms in total. The Morgan fingerprint density at radius 3 is 2.54 bits per heavy atom. The van der Waals surface area contributed by atoms with Crippen LogP contribution < -0.4 is 10.1 Å². The van der Waals surface area contributed by atoms with E-state index in [0.717, 1.165) is 4.31 Å². The Morgan fingerprint density at radius 2 is 1.88 bits per heavy atom. The predicted molar refractivity (Wildman–Crippen MR) is 97.2 cm³/mol. The number of nitrogens with zero attached hydrogens (tertiary/aromatic N) is 1. The number of aryl methyl sites for hydroxylation is 1. The van der Waals surface area contributed by atoms with Gasteiger partial charge >= 0.3 is 0 Å². The third-order valence-corrected chi connectivity index (χ3v) is 5.61. The van der Waals surface area contributed by atoms with Crippen LogP contribution in [0.5, 0.6) is 5.75 Å². The number of carbonyl (C=O) groups is 1. The number of para-hydroxylation sites is 1. The zero-order valence-electron chi connectivity index (χ0n) is 14.8. The molecular formula is C18H21FN2O4S. The average molecular weight is 380 g/mol. The zero-order chi connectivity index (χ0) is 19.3. The van der Waals surface area contributed by atoms with Gasteiger partial charge in [-0.3, -0.25) is 4.79 Å². The third-order valence-electron chi connectivity index (χ3n) is 3.65. The first-order chi connectivity index (χ1) is 12.2. The first-order valence-electron chi connectivity index (χ1n) is 7.92. The lowest BCUT2D eigenvalue weighted by molar-refractivity contribution is -0.116. The summed E-state index contributed by atoms with van der Waals surface area (Å²) < 4.78 is 44.4. The van der Waals surface area contributed by atoms with Gasteiger partial charge in [-0.1, -0.05) is 18.2 Å². The van der Waals surface area contributed by atoms with Gasteiger partial charge in [-0.05, 0) is 36.8 Å². The molecule has 1 N–H and O–H groups in total. The van der Waals surface area contributed by atoms with Crippen LogP contribution in [0.1, 0.15) is 12.0 Å². The number of rotatable bonds is 7. The molecule has 0 atom stereocenters. The number of nitrogens with one attached hydrogen (secondary N) is 1. The van der Waals surface area contributed by atoms with Crippen molar-refractivity contribution < 1.29 is 22.3 Å². The molecule has 0 radical (unpaired) electrons. The maximum absolute atomic E-state index is 13.4. The Morgan fingerprint density at radius 1 is 1.19 bits per heavy atom. The SMILES string of the molecule is Cc1ccc(NC(=O)CCOc2ccccc2F)cc1S(=O)(=O)N(C)C. The highest BCUT2D eigenvalue weighted by molar-refractivity contribution is 7.89. The monoisotopic (exact) mass is 380 g/mol. The van der Waals surface area contributed by atoms with Crippen LogP contribution in [0.4, 0.5) is 10.1 Å². The van der Waals surface area contributed by atoms with Gasteiger partial charge < -0.3 is 10.1 Å². The van der Waals surface area contributed by atoms with Gasteiger partial charge in [-0.25, -0.2) is 17.1 Å². The first-order valence-corrected chi connectivity index (χ1v) is 9.36. The molecule has 0 heterocycles. The van der Waals surface area contributed by atoms with Crippen LogP contribution in [0.15, 0.2) is 47.4 Å². The van der Waals surface area contributed by atoms with Crippen LogP contribution >= 0.6 is 0 Å². The molecular weight excluding hydrogens is 359 g/mol. The second kappa shape index (κ2) is 8.29. The number of anilines is 1. The highest BCUT2D eigenvalue weighted by Crippen LogP contribution is 2.22. The molecule has 140 valence electrons. The van der Waals surface area contributed by atoms with Gasteiger partial charge in [0.15, 0.2) is 11.6 Å². The fraction of sp³-hybridized carbons (Fsp3) is 0.278. The summed E-state index contributed by atoms with van der Waals surface area (Å²) in [7, 11) is -0.719. The fourth-order valence-electron chi connectivity index (χ4n) is 2.19. The van der Waals surface area contributed by atoms with Crippen molar-refractivity contribution in [1.82, 2.24) is 4.31 Å². The minimum Gasteiger partial charge on any atom is -0.490 e. The normalized spacial score (nSPS) is 11.4. The average Bonchev–Trinajstić information content (AvgIpc) is 2.58. The van der Waals surface area contributed by atoms with Crippen molar-refractivity contribution in [3.8, 4) is 5.75 Å². The minimum atomic E-state index is -3.61. The second-order valence-corrected chi connectivity index (χ2v) is 7.97. The molecule has 0 aromatic heterocycles. The Kier molecular flexibility index (Phi) is 6.33. The van der Waals surface area contributed by atoms with Crippen molar-refractivity contribution in [2.24, 2.45) is 0 Å². The molecule has 0 saturated carbocycles. The fourth-order valence-corrected chi connectivity index (χ4v) is 3.34. The van der Waals surface area contributed by atoms with E-state index in [1.54, 1.807) is 31.2 Å². The molecule has 26 heavy (non-hydrogen) atoms. The second-order valence-electron chi connectivity index (χ2n) is 5.84. The van der Waals surface area contributed by atoms with Gasteiger partial charge in [0.05, 0.1) is 17.9 Å². The van der Waals surface area contributed by atoms with Crippen LogP contribution in [-0.2, 0) is 14.8 Å². The van der Waals surface area contributed by atoms with Gasteiger partial charge in [0.2, 0.25) is 15.9 Å². The molecule has 0 aliphatic rings. The van der Waals surface area contributed by atoms with E-state index < -0.39 is 15.8 Å². The molecule has 2 rings (SSSR count). The Bertz CT molecular complexity index is 898. The van der Waals surface area contributed by atoms with Crippen molar-refractivity contribution in [1.29, 1.82) is 0 Å². The van der Waals surface area contributed by atoms with Crippen molar-refractivity contribution >= 4 is 21.6 Å². The maximum Gasteiger partial charge on any atom is 0.242 e. The molecule has 0 aliphatic carbocycles. The quantitative estimate of drug-likeness (QED) is 0.801. The van der Waals surface area contributed by atoms with Crippen molar-refractivity contribution in [2.75, 3.05) is 26.0 Å². The summed E-state index contributed by atoms with van der Waals surface area (Å²) in [6.45, 7) is 1.69. The Labute approximate surface area is 152 Å². The maximum atomic E-state index is 13.4. The highest BCUT2D eigenvalue weighted by Gasteiger charge is 2.20. The first kappa shape index (κ1) is 19.9. The van der Waals surface area contributed by atoms with Crippen molar-refractivity contribution in [2.45, 2.75) is 18.2 Å². The van der Waals surface area contributed by atoms with Gasteiger partial charge in [0.25, 0.3) is 0 Å². The van der Waals surface area contributed by atoms with Gasteiger partial charge in [0.1, 0.15) is 0 Å². The summed E-state index contributed by atoms with van der Waals surface area (Å²) in [5.41, 5.74) is 0.950. The van der Waals surface area contributed by atoms with E-state index in [0.29, 0.717) is 11.3 Å². The largest absolute Gasteiger partial charge is 0.490 e. The van der Waals surface area contributed by atoms with E-state index >= 15 is 0 Å². The summed E-state index contributed by atoms with van der Waals surface area (Å²) in [6, 6.07) is 10.6. The molecule has 8 heteroatoms. The summed E-state index contributed by atoms with van der Waals surface area (Å²) >= 11 is 0. The van der Waals surface area contributed by atoms with Crippen molar-refractivity contribution in [3.05, 3.63) is 53.8 Å². The van der Waals surface area contributed by atoms with Crippen LogP contribution in [0.2, 0.25) is 0 Å². The van der Waals surface area contributed by atoms with Gasteiger partial charge in [-0.15, -0.1) is 0 Å². The number of carbonyl (C=O) groups excluding carboxylic acids is 1. The number of amides is 1. The summed E-state index contributed by atoms with van der Waals surface area (Å²) in [5.74, 6) is -0.779. The Hall–Kier alpha value is -2.45. The molecule has 2 aromatic carbocycles. The lowest BCUT2D eigenvalue weighted by Crippen LogP contribution is -2.23. The Balaban J connectivity index is 2.00. The van der Waals surface area contributed by atoms with E-state index in [-0.39, 0.29) is 29.6 Å². The van der Waals surface area contributed by atoms with E-state index in [9.17, 15) is 17.6 Å². The molecule has 0 fully saturated rings. The third kappa shape index (κ3) is 4.80. The highest BCUT2D eigenvalue weighted by atomic mass is 32.2. The van der Waals surface area contributed by atoms with Crippen LogP contribution in [0.25, 0.3) is 0 Å². The smallest absolute Gasteiger partial charge is 0.242 e. The molecule has 0 aliphatic heterocycles. The lowest BCUT2D eigenvalue weighted by Gasteiger charge is -2.15. The van der Waals surface area contributed by atoms with Crippen LogP contribution in [0, 0.1) is 12.7 Å². The summed E-state index contributed by atoms with van der Waals surface area (Å²) in [6.07, 6.45) is -0.00201. The number of hydrogen-bond acceptors (Lipinski definition) is 4. The summed E-state index contributed by atoms with van der Waals surface area (Å²) in [4.78, 5) is 12.2. The zero-order valence-corrected chi connectivity index (χ0v) is 15.6. The number of halogens is 1. The van der Waals surface area contributed by atoms with Crippen molar-refractivity contribution in [3.63, 3.8) is 0 Å². The predicted octanol–water partition coefficient (Wildman–Crippen LogP) is 2.79. The molecule has 0 spiro atoms. The molecule has 0 unspecified atom stereocenters. The number of ether oxygens (including phenoxy) is 1. The molecule has 1 amide bonds. The van der Waals surface area contributed by atoms with E-state index in [1.807, 2.05) is 0 Å². The molecule has 0 bridgehead atoms. The standard InChI is InChI=1S/C18H21FN2O4S/c1-13-8-9-14(12-17(13)26(23,24)21(2)3)20-18(22)10-11-25-16-7-5-4-6-15(16)19/h4-9,12H,10-11H2,1-3H3,(H,20,22). The number of hydrogen-bond donors (Lipinski definition) is 1. The molecule has 2 aromatic rings. The van der Waals surface area contributed by atoms with Crippen LogP contribution in [-0.4, -0.2) is 39.3 Å². The van der Waals surface area contributed by atoms with E-state index in [1.165, 1.54) is 32.3 Å². The number of sulfonamides is 1. The summed E-state index contributed by atoms with van der Waals surface area (Å²) in [5, 5.41) is 2.63. The van der Waals surface area contributed by atoms with E-state index in [4.69, 9.17) is 4.74 Å². The minimum absolute atomic E-state index is 0.00147. The van der Waals surface area contributed by atoms with Gasteiger partial charge in [0, 0.05) is 19.8 Å². The lowest BCUT2D eigenvalue weighted by atomic mass is 10.2. The number of benzene rings is 2. The molecule has 0 saturated heterocycles.